The number of aliphatic hydroxyl groups is 1. The minimum Gasteiger partial charge on any atom is -0.456 e. The Morgan fingerprint density at radius 1 is 0.708 bits per heavy atom. The number of aryl methyl sites for hydroxylation is 2. The van der Waals surface area contributed by atoms with E-state index >= 15 is 0 Å². The highest BCUT2D eigenvalue weighted by Gasteiger charge is 2.47. The first kappa shape index (κ1) is 31.4. The van der Waals surface area contributed by atoms with E-state index < -0.39 is 24.3 Å². The maximum atomic E-state index is 12.6. The Hall–Kier alpha value is -5.21. The Morgan fingerprint density at radius 3 is 1.81 bits per heavy atom. The average molecular weight is 659 g/mol. The molecule has 0 radical (unpaired) electrons. The summed E-state index contributed by atoms with van der Waals surface area (Å²) in [5.41, 5.74) is 3.81. The third-order valence-corrected chi connectivity index (χ3v) is 9.17. The van der Waals surface area contributed by atoms with E-state index in [4.69, 9.17) is 30.5 Å². The second-order valence-electron chi connectivity index (χ2n) is 11.8. The molecule has 0 saturated heterocycles. The van der Waals surface area contributed by atoms with E-state index in [1.54, 1.807) is 12.1 Å². The van der Waals surface area contributed by atoms with E-state index in [1.165, 1.54) is 19.9 Å². The number of esters is 2. The van der Waals surface area contributed by atoms with Crippen LogP contribution in [0, 0.1) is 13.8 Å². The van der Waals surface area contributed by atoms with Gasteiger partial charge in [-0.3, -0.25) is 9.59 Å². The number of hydrogen-bond acceptors (Lipinski definition) is 7. The molecule has 1 unspecified atom stereocenters. The van der Waals surface area contributed by atoms with Gasteiger partial charge in [0.05, 0.1) is 5.02 Å². The molecule has 48 heavy (non-hydrogen) atoms. The minimum absolute atomic E-state index is 0.100. The molecule has 6 aromatic carbocycles. The van der Waals surface area contributed by atoms with Gasteiger partial charge in [-0.2, -0.15) is 0 Å². The Morgan fingerprint density at radius 2 is 1.23 bits per heavy atom. The molecule has 0 aromatic heterocycles. The van der Waals surface area contributed by atoms with Crippen LogP contribution >= 0.6 is 11.6 Å². The summed E-state index contributed by atoms with van der Waals surface area (Å²) in [6, 6.07) is 30.7. The average Bonchev–Trinajstić information content (AvgIpc) is 3.06. The predicted octanol–water partition coefficient (Wildman–Crippen LogP) is 9.14. The Bertz CT molecular complexity index is 2240. The smallest absolute Gasteiger partial charge is 0.308 e. The van der Waals surface area contributed by atoms with Gasteiger partial charge in [0.25, 0.3) is 0 Å². The zero-order valence-electron chi connectivity index (χ0n) is 26.7. The van der Waals surface area contributed by atoms with Crippen LogP contribution in [0.2, 0.25) is 5.02 Å². The monoisotopic (exact) mass is 658 g/mol. The van der Waals surface area contributed by atoms with Gasteiger partial charge >= 0.3 is 11.9 Å². The molecule has 8 heteroatoms. The first-order valence-corrected chi connectivity index (χ1v) is 15.8. The third kappa shape index (κ3) is 4.99. The highest BCUT2D eigenvalue weighted by Crippen LogP contribution is 2.57. The quantitative estimate of drug-likeness (QED) is 0.0826. The standard InChI is InChI=1S/C40H31ClO7/c1-22-11-5-10-16-31(22)40(45-21-42)32-17-30(39-28-14-8-6-12-26(28)23(2)27-13-7-9-15-29(27)39)35(46-24(3)43)19-36(32)48-37-20-38(47-25(4)44)34(41)18-33(37)40/h5-20,42H,21H2,1-4H3. The van der Waals surface area contributed by atoms with E-state index in [0.29, 0.717) is 22.4 Å². The van der Waals surface area contributed by atoms with E-state index in [0.717, 1.165) is 43.8 Å². The van der Waals surface area contributed by atoms with Gasteiger partial charge in [0.1, 0.15) is 24.0 Å². The van der Waals surface area contributed by atoms with Gasteiger partial charge in [-0.25, -0.2) is 0 Å². The van der Waals surface area contributed by atoms with Crippen LogP contribution < -0.4 is 14.2 Å². The summed E-state index contributed by atoms with van der Waals surface area (Å²) in [5.74, 6) is -0.0779. The molecule has 240 valence electrons. The lowest BCUT2D eigenvalue weighted by Gasteiger charge is -2.41. The van der Waals surface area contributed by atoms with Crippen molar-refractivity contribution in [2.45, 2.75) is 33.3 Å². The maximum absolute atomic E-state index is 12.6. The summed E-state index contributed by atoms with van der Waals surface area (Å²) in [6.45, 7) is 6.03. The first-order chi connectivity index (χ1) is 23.1. The van der Waals surface area contributed by atoms with E-state index in [9.17, 15) is 14.7 Å². The first-order valence-electron chi connectivity index (χ1n) is 15.4. The lowest BCUT2D eigenvalue weighted by atomic mass is 9.75. The van der Waals surface area contributed by atoms with Gasteiger partial charge in [-0.15, -0.1) is 0 Å². The predicted molar refractivity (Wildman–Crippen MR) is 185 cm³/mol. The molecule has 0 spiro atoms. The Labute approximate surface area is 282 Å². The number of rotatable bonds is 6. The zero-order valence-corrected chi connectivity index (χ0v) is 27.5. The normalized spacial score (nSPS) is 15.0. The molecule has 7 nitrogen and oxygen atoms in total. The molecule has 0 fully saturated rings. The van der Waals surface area contributed by atoms with Crippen molar-refractivity contribution in [1.29, 1.82) is 0 Å². The lowest BCUT2D eigenvalue weighted by molar-refractivity contribution is -0.132. The number of ether oxygens (including phenoxy) is 4. The van der Waals surface area contributed by atoms with Crippen LogP contribution in [0.1, 0.15) is 41.7 Å². The van der Waals surface area contributed by atoms with Gasteiger partial charge in [-0.05, 0) is 64.2 Å². The zero-order chi connectivity index (χ0) is 33.7. The van der Waals surface area contributed by atoms with Crippen LogP contribution in [0.15, 0.2) is 97.1 Å². The van der Waals surface area contributed by atoms with Crippen molar-refractivity contribution in [3.8, 4) is 34.1 Å². The van der Waals surface area contributed by atoms with Crippen LogP contribution in [0.5, 0.6) is 23.0 Å². The summed E-state index contributed by atoms with van der Waals surface area (Å²) < 4.78 is 24.3. The van der Waals surface area contributed by atoms with Gasteiger partial charge in [0.15, 0.2) is 11.4 Å². The van der Waals surface area contributed by atoms with Gasteiger partial charge < -0.3 is 24.1 Å². The molecule has 7 rings (SSSR count). The third-order valence-electron chi connectivity index (χ3n) is 8.88. The molecule has 1 aliphatic heterocycles. The lowest BCUT2D eigenvalue weighted by Crippen LogP contribution is -2.37. The molecule has 0 saturated carbocycles. The summed E-state index contributed by atoms with van der Waals surface area (Å²) in [4.78, 5) is 24.6. The molecule has 1 aliphatic rings. The molecule has 0 bridgehead atoms. The fourth-order valence-corrected chi connectivity index (χ4v) is 7.17. The molecule has 1 heterocycles. The maximum Gasteiger partial charge on any atom is 0.308 e. The van der Waals surface area contributed by atoms with Crippen LogP contribution in [0.3, 0.4) is 0 Å². The second-order valence-corrected chi connectivity index (χ2v) is 12.2. The number of halogens is 1. The van der Waals surface area contributed by atoms with Crippen molar-refractivity contribution in [3.05, 3.63) is 130 Å². The van der Waals surface area contributed by atoms with Crippen molar-refractivity contribution in [2.75, 3.05) is 6.79 Å². The number of aliphatic hydroxyl groups excluding tert-OH is 1. The summed E-state index contributed by atoms with van der Waals surface area (Å²) in [5, 5.41) is 14.8. The van der Waals surface area contributed by atoms with Crippen molar-refractivity contribution in [1.82, 2.24) is 0 Å². The number of benzene rings is 6. The van der Waals surface area contributed by atoms with Gasteiger partial charge in [0.2, 0.25) is 0 Å². The SMILES string of the molecule is CC(=O)Oc1cc2c(cc1Cl)C(OCO)(c1ccccc1C)c1cc(-c3c4ccccc4c(C)c4ccccc34)c(OC(C)=O)cc1O2. The molecular formula is C40H31ClO7. The molecule has 0 amide bonds. The van der Waals surface area contributed by atoms with Crippen molar-refractivity contribution in [2.24, 2.45) is 0 Å². The van der Waals surface area contributed by atoms with E-state index in [2.05, 4.69) is 31.2 Å². The number of hydrogen-bond donors (Lipinski definition) is 1. The molecule has 1 atom stereocenters. The summed E-state index contributed by atoms with van der Waals surface area (Å²) in [6.07, 6.45) is 0. The fraction of sp³-hybridized carbons (Fsp3) is 0.150. The van der Waals surface area contributed by atoms with Crippen molar-refractivity contribution < 1.29 is 33.6 Å². The number of fused-ring (bicyclic) bond motifs is 4. The van der Waals surface area contributed by atoms with E-state index in [-0.39, 0.29) is 22.3 Å². The van der Waals surface area contributed by atoms with Crippen LogP contribution in [0.4, 0.5) is 0 Å². The van der Waals surface area contributed by atoms with Crippen molar-refractivity contribution >= 4 is 45.1 Å². The largest absolute Gasteiger partial charge is 0.456 e. The van der Waals surface area contributed by atoms with Crippen LogP contribution in [-0.4, -0.2) is 23.8 Å². The molecule has 6 aromatic rings. The fourth-order valence-electron chi connectivity index (χ4n) is 6.97. The van der Waals surface area contributed by atoms with Crippen LogP contribution in [0.25, 0.3) is 32.7 Å². The van der Waals surface area contributed by atoms with Crippen LogP contribution in [-0.2, 0) is 19.9 Å². The Kier molecular flexibility index (Phi) is 7.92. The summed E-state index contributed by atoms with van der Waals surface area (Å²) >= 11 is 6.73. The highest BCUT2D eigenvalue weighted by atomic mass is 35.5. The Balaban J connectivity index is 1.64. The van der Waals surface area contributed by atoms with Crippen molar-refractivity contribution in [3.63, 3.8) is 0 Å². The topological polar surface area (TPSA) is 91.3 Å². The molecular weight excluding hydrogens is 628 g/mol. The van der Waals surface area contributed by atoms with E-state index in [1.807, 2.05) is 61.5 Å². The molecule has 1 N–H and O–H groups in total. The second kappa shape index (κ2) is 12.1. The van der Waals surface area contributed by atoms with Gasteiger partial charge in [0, 0.05) is 48.2 Å². The molecule has 0 aliphatic carbocycles. The summed E-state index contributed by atoms with van der Waals surface area (Å²) in [7, 11) is 0. The number of carbonyl (C=O) groups excluding carboxylic acids is 2. The minimum atomic E-state index is -1.46. The highest BCUT2D eigenvalue weighted by molar-refractivity contribution is 6.32. The van der Waals surface area contributed by atoms with Gasteiger partial charge in [-0.1, -0.05) is 84.4 Å². The number of carbonyl (C=O) groups is 2.